The molecule has 0 aliphatic rings. The van der Waals surface area contributed by atoms with E-state index in [2.05, 4.69) is 21.2 Å². The summed E-state index contributed by atoms with van der Waals surface area (Å²) < 4.78 is 6.23. The summed E-state index contributed by atoms with van der Waals surface area (Å²) in [6.07, 6.45) is 2.18. The molecule has 0 saturated carbocycles. The predicted molar refractivity (Wildman–Crippen MR) is 93.2 cm³/mol. The van der Waals surface area contributed by atoms with Gasteiger partial charge >= 0.3 is 0 Å². The third-order valence-corrected chi connectivity index (χ3v) is 3.66. The van der Waals surface area contributed by atoms with Crippen molar-refractivity contribution in [3.63, 3.8) is 0 Å². The van der Waals surface area contributed by atoms with Crippen LogP contribution in [-0.4, -0.2) is 11.4 Å². The number of benzene rings is 1. The smallest absolute Gasteiger partial charge is 0.254 e. The fraction of sp³-hybridized carbons (Fsp3) is 0.312. The minimum absolute atomic E-state index is 0. The molecule has 2 aromatic rings. The van der Waals surface area contributed by atoms with E-state index in [1.807, 2.05) is 38.1 Å². The number of amides is 1. The van der Waals surface area contributed by atoms with Gasteiger partial charge in [-0.15, -0.1) is 12.4 Å². The molecule has 1 aromatic carbocycles. The summed E-state index contributed by atoms with van der Waals surface area (Å²) in [7, 11) is 0. The summed E-state index contributed by atoms with van der Waals surface area (Å²) in [6.45, 7) is 4.28. The van der Waals surface area contributed by atoms with E-state index in [1.165, 1.54) is 11.8 Å². The summed E-state index contributed by atoms with van der Waals surface area (Å²) in [5.74, 6) is 0.450. The van der Waals surface area contributed by atoms with Crippen molar-refractivity contribution in [2.24, 2.45) is 5.73 Å². The van der Waals surface area contributed by atoms with Gasteiger partial charge < -0.3 is 15.5 Å². The topological polar surface area (TPSA) is 68.3 Å². The Hall–Kier alpha value is -1.30. The number of rotatable bonds is 5. The van der Waals surface area contributed by atoms with Gasteiger partial charge in [-0.2, -0.15) is 0 Å². The average molecular weight is 388 g/mol. The molecule has 0 aliphatic heterocycles. The first-order valence-electron chi connectivity index (χ1n) is 6.74. The van der Waals surface area contributed by atoms with Gasteiger partial charge in [0.2, 0.25) is 0 Å². The Kier molecular flexibility index (Phi) is 6.66. The van der Waals surface area contributed by atoms with Crippen LogP contribution in [0.15, 0.2) is 45.5 Å². The van der Waals surface area contributed by atoms with Gasteiger partial charge in [0.25, 0.3) is 5.91 Å². The molecule has 22 heavy (non-hydrogen) atoms. The number of nitrogens with one attached hydrogen (secondary N) is 1. The van der Waals surface area contributed by atoms with Crippen LogP contribution in [0.4, 0.5) is 0 Å². The summed E-state index contributed by atoms with van der Waals surface area (Å²) >= 11 is 3.41. The van der Waals surface area contributed by atoms with Crippen molar-refractivity contribution in [2.45, 2.75) is 32.4 Å². The second kappa shape index (κ2) is 7.81. The van der Waals surface area contributed by atoms with Gasteiger partial charge in [0.05, 0.1) is 12.1 Å². The number of carbonyl (C=O) groups is 1. The molecule has 6 heteroatoms. The maximum atomic E-state index is 12.2. The van der Waals surface area contributed by atoms with Crippen LogP contribution >= 0.6 is 28.3 Å². The molecule has 0 fully saturated rings. The molecule has 0 spiro atoms. The van der Waals surface area contributed by atoms with Crippen LogP contribution in [0.5, 0.6) is 0 Å². The van der Waals surface area contributed by atoms with Gasteiger partial charge in [0, 0.05) is 10.0 Å². The maximum absolute atomic E-state index is 12.2. The highest BCUT2D eigenvalue weighted by Crippen LogP contribution is 2.17. The minimum atomic E-state index is -0.356. The first-order chi connectivity index (χ1) is 9.89. The Bertz CT molecular complexity index is 623. The number of furan rings is 1. The Labute approximate surface area is 145 Å². The van der Waals surface area contributed by atoms with E-state index in [1.54, 1.807) is 6.07 Å². The number of nitrogens with two attached hydrogens (primary N) is 1. The lowest BCUT2D eigenvalue weighted by Gasteiger charge is -2.26. The lowest BCUT2D eigenvalue weighted by molar-refractivity contribution is 0.0912. The molecule has 0 unspecified atom stereocenters. The second-order valence-electron chi connectivity index (χ2n) is 5.65. The van der Waals surface area contributed by atoms with Crippen molar-refractivity contribution in [1.82, 2.24) is 5.32 Å². The monoisotopic (exact) mass is 386 g/mol. The van der Waals surface area contributed by atoms with Crippen LogP contribution < -0.4 is 11.1 Å². The lowest BCUT2D eigenvalue weighted by atomic mass is 9.94. The van der Waals surface area contributed by atoms with Crippen LogP contribution in [0.1, 0.15) is 35.5 Å². The van der Waals surface area contributed by atoms with Gasteiger partial charge in [0.15, 0.2) is 0 Å². The fourth-order valence-electron chi connectivity index (χ4n) is 2.14. The Morgan fingerprint density at radius 2 is 1.95 bits per heavy atom. The normalized spacial score (nSPS) is 10.9. The van der Waals surface area contributed by atoms with E-state index in [0.29, 0.717) is 11.3 Å². The predicted octanol–water partition coefficient (Wildman–Crippen LogP) is 3.67. The van der Waals surface area contributed by atoms with Crippen molar-refractivity contribution in [3.8, 4) is 0 Å². The van der Waals surface area contributed by atoms with Crippen molar-refractivity contribution in [2.75, 3.05) is 0 Å². The van der Waals surface area contributed by atoms with Crippen molar-refractivity contribution >= 4 is 34.2 Å². The summed E-state index contributed by atoms with van der Waals surface area (Å²) in [5.41, 5.74) is 6.78. The molecule has 0 saturated heterocycles. The molecule has 1 heterocycles. The molecular weight excluding hydrogens is 368 g/mol. The van der Waals surface area contributed by atoms with E-state index >= 15 is 0 Å². The summed E-state index contributed by atoms with van der Waals surface area (Å²) in [5, 5.41) is 3.02. The summed E-state index contributed by atoms with van der Waals surface area (Å²) in [6, 6.07) is 9.75. The average Bonchev–Trinajstić information content (AvgIpc) is 2.89. The highest BCUT2D eigenvalue weighted by atomic mass is 79.9. The minimum Gasteiger partial charge on any atom is -0.467 e. The molecule has 2 rings (SSSR count). The molecule has 1 aromatic heterocycles. The fourth-order valence-corrected chi connectivity index (χ4v) is 2.41. The van der Waals surface area contributed by atoms with Gasteiger partial charge in [-0.3, -0.25) is 4.79 Å². The highest BCUT2D eigenvalue weighted by molar-refractivity contribution is 9.10. The van der Waals surface area contributed by atoms with Gasteiger partial charge in [0.1, 0.15) is 12.0 Å². The Balaban J connectivity index is 0.00000242. The van der Waals surface area contributed by atoms with Crippen LogP contribution in [0.3, 0.4) is 0 Å². The van der Waals surface area contributed by atoms with Crippen molar-refractivity contribution in [3.05, 3.63) is 58.0 Å². The molecule has 0 radical (unpaired) electrons. The Morgan fingerprint density at radius 3 is 2.50 bits per heavy atom. The molecule has 1 amide bonds. The molecule has 4 nitrogen and oxygen atoms in total. The van der Waals surface area contributed by atoms with Gasteiger partial charge in [-0.05, 0) is 44.0 Å². The third kappa shape index (κ3) is 5.16. The number of hydrogen-bond acceptors (Lipinski definition) is 3. The molecule has 0 aliphatic carbocycles. The quantitative estimate of drug-likeness (QED) is 0.822. The zero-order chi connectivity index (χ0) is 15.5. The summed E-state index contributed by atoms with van der Waals surface area (Å²) in [4.78, 5) is 12.2. The molecule has 0 atom stereocenters. The van der Waals surface area contributed by atoms with E-state index in [-0.39, 0.29) is 30.4 Å². The van der Waals surface area contributed by atoms with Gasteiger partial charge in [-0.25, -0.2) is 0 Å². The number of halogens is 2. The number of hydrogen-bond donors (Lipinski definition) is 2. The standard InChI is InChI=1S/C16H19BrN2O2.ClH/c1-16(2,8-11-3-5-13(17)6-4-11)19-15(20)12-7-14(9-18)21-10-12;/h3-7,10H,8-9,18H2,1-2H3,(H,19,20);1H. The molecule has 0 bridgehead atoms. The van der Waals surface area contributed by atoms with Crippen molar-refractivity contribution in [1.29, 1.82) is 0 Å². The largest absolute Gasteiger partial charge is 0.467 e. The molecule has 120 valence electrons. The van der Waals surface area contributed by atoms with E-state index in [0.717, 1.165) is 10.9 Å². The zero-order valence-electron chi connectivity index (χ0n) is 12.6. The van der Waals surface area contributed by atoms with Gasteiger partial charge in [-0.1, -0.05) is 28.1 Å². The zero-order valence-corrected chi connectivity index (χ0v) is 15.0. The molecular formula is C16H20BrClN2O2. The maximum Gasteiger partial charge on any atom is 0.254 e. The first kappa shape index (κ1) is 18.7. The lowest BCUT2D eigenvalue weighted by Crippen LogP contribution is -2.45. The van der Waals surface area contributed by atoms with E-state index in [9.17, 15) is 4.79 Å². The first-order valence-corrected chi connectivity index (χ1v) is 7.53. The second-order valence-corrected chi connectivity index (χ2v) is 6.56. The van der Waals surface area contributed by atoms with E-state index < -0.39 is 0 Å². The van der Waals surface area contributed by atoms with E-state index in [4.69, 9.17) is 10.2 Å². The third-order valence-electron chi connectivity index (χ3n) is 3.13. The van der Waals surface area contributed by atoms with Crippen LogP contribution in [-0.2, 0) is 13.0 Å². The SMILES string of the molecule is CC(C)(Cc1ccc(Br)cc1)NC(=O)c1coc(CN)c1.Cl. The van der Waals surface area contributed by atoms with Crippen LogP contribution in [0.25, 0.3) is 0 Å². The molecule has 3 N–H and O–H groups in total. The Morgan fingerprint density at radius 1 is 1.32 bits per heavy atom. The van der Waals surface area contributed by atoms with Crippen LogP contribution in [0.2, 0.25) is 0 Å². The van der Waals surface area contributed by atoms with Crippen LogP contribution in [0, 0.1) is 0 Å². The number of carbonyl (C=O) groups excluding carboxylic acids is 1. The highest BCUT2D eigenvalue weighted by Gasteiger charge is 2.22. The van der Waals surface area contributed by atoms with Crippen molar-refractivity contribution < 1.29 is 9.21 Å².